The molecule has 0 aliphatic heterocycles. The van der Waals surface area contributed by atoms with Gasteiger partial charge >= 0.3 is 0 Å². The zero-order valence-electron chi connectivity index (χ0n) is 11.2. The molecule has 0 heterocycles. The summed E-state index contributed by atoms with van der Waals surface area (Å²) in [5.41, 5.74) is 5.70. The molecule has 2 atom stereocenters. The van der Waals surface area contributed by atoms with Crippen LogP contribution in [0.5, 0.6) is 0 Å². The molecular weight excluding hydrogens is 220 g/mol. The van der Waals surface area contributed by atoms with E-state index in [1.54, 1.807) is 0 Å². The summed E-state index contributed by atoms with van der Waals surface area (Å²) in [7, 11) is 0. The molecular formula is C12H26N2OS. The SMILES string of the molecule is CCSCCC(C)NC(=O)[C@H](N)C(C)(C)C. The first-order valence-corrected chi connectivity index (χ1v) is 7.08. The van der Waals surface area contributed by atoms with E-state index in [0.29, 0.717) is 0 Å². The van der Waals surface area contributed by atoms with Crippen molar-refractivity contribution >= 4 is 17.7 Å². The van der Waals surface area contributed by atoms with Gasteiger partial charge in [-0.1, -0.05) is 27.7 Å². The standard InChI is InChI=1S/C12H26N2OS/c1-6-16-8-7-9(2)14-11(15)10(13)12(3,4)5/h9-10H,6-8,13H2,1-5H3,(H,14,15)/t9?,10-/m0/s1. The number of rotatable bonds is 6. The van der Waals surface area contributed by atoms with Crippen molar-refractivity contribution in [2.75, 3.05) is 11.5 Å². The lowest BCUT2D eigenvalue weighted by Gasteiger charge is -2.27. The predicted molar refractivity (Wildman–Crippen MR) is 72.7 cm³/mol. The highest BCUT2D eigenvalue weighted by atomic mass is 32.2. The Morgan fingerprint density at radius 2 is 2.00 bits per heavy atom. The molecule has 0 aromatic rings. The van der Waals surface area contributed by atoms with Gasteiger partial charge in [0, 0.05) is 6.04 Å². The van der Waals surface area contributed by atoms with E-state index in [-0.39, 0.29) is 17.4 Å². The normalized spacial score (nSPS) is 15.6. The summed E-state index contributed by atoms with van der Waals surface area (Å²) in [5, 5.41) is 2.97. The summed E-state index contributed by atoms with van der Waals surface area (Å²) in [6.07, 6.45) is 1.00. The molecule has 0 aromatic heterocycles. The van der Waals surface area contributed by atoms with Gasteiger partial charge in [-0.05, 0) is 30.3 Å². The quantitative estimate of drug-likeness (QED) is 0.705. The number of nitrogens with two attached hydrogens (primary N) is 1. The first kappa shape index (κ1) is 15.8. The molecule has 0 bridgehead atoms. The average molecular weight is 246 g/mol. The molecule has 0 aliphatic carbocycles. The van der Waals surface area contributed by atoms with E-state index in [2.05, 4.69) is 12.2 Å². The highest BCUT2D eigenvalue weighted by molar-refractivity contribution is 7.99. The monoisotopic (exact) mass is 246 g/mol. The van der Waals surface area contributed by atoms with Crippen LogP contribution in [0.4, 0.5) is 0 Å². The van der Waals surface area contributed by atoms with Crippen LogP contribution >= 0.6 is 11.8 Å². The zero-order valence-corrected chi connectivity index (χ0v) is 12.0. The number of hydrogen-bond acceptors (Lipinski definition) is 3. The van der Waals surface area contributed by atoms with Gasteiger partial charge in [0.15, 0.2) is 0 Å². The van der Waals surface area contributed by atoms with E-state index in [1.807, 2.05) is 39.5 Å². The van der Waals surface area contributed by atoms with Gasteiger partial charge in [0.1, 0.15) is 0 Å². The fraction of sp³-hybridized carbons (Fsp3) is 0.917. The van der Waals surface area contributed by atoms with Crippen LogP contribution in [-0.4, -0.2) is 29.5 Å². The summed E-state index contributed by atoms with van der Waals surface area (Å²) in [6.45, 7) is 10.1. The van der Waals surface area contributed by atoms with Crippen LogP contribution < -0.4 is 11.1 Å². The molecule has 3 nitrogen and oxygen atoms in total. The molecule has 0 rings (SSSR count). The highest BCUT2D eigenvalue weighted by Gasteiger charge is 2.27. The smallest absolute Gasteiger partial charge is 0.237 e. The van der Waals surface area contributed by atoms with Crippen LogP contribution in [0.3, 0.4) is 0 Å². The lowest BCUT2D eigenvalue weighted by Crippen LogP contribution is -2.50. The number of carbonyl (C=O) groups excluding carboxylic acids is 1. The van der Waals surface area contributed by atoms with E-state index >= 15 is 0 Å². The number of nitrogens with one attached hydrogen (secondary N) is 1. The summed E-state index contributed by atoms with van der Waals surface area (Å²) < 4.78 is 0. The van der Waals surface area contributed by atoms with Gasteiger partial charge in [-0.15, -0.1) is 0 Å². The molecule has 3 N–H and O–H groups in total. The molecule has 1 amide bonds. The topological polar surface area (TPSA) is 55.1 Å². The lowest BCUT2D eigenvalue weighted by molar-refractivity contribution is -0.125. The van der Waals surface area contributed by atoms with Gasteiger partial charge < -0.3 is 11.1 Å². The number of carbonyl (C=O) groups is 1. The minimum atomic E-state index is -0.436. The number of amides is 1. The molecule has 1 unspecified atom stereocenters. The Kier molecular flexibility index (Phi) is 7.07. The van der Waals surface area contributed by atoms with E-state index in [9.17, 15) is 4.79 Å². The fourth-order valence-electron chi connectivity index (χ4n) is 1.20. The maximum absolute atomic E-state index is 11.8. The molecule has 96 valence electrons. The molecule has 0 aromatic carbocycles. The average Bonchev–Trinajstić information content (AvgIpc) is 2.15. The molecule has 0 radical (unpaired) electrons. The molecule has 0 aliphatic rings. The predicted octanol–water partition coefficient (Wildman–Crippen LogP) is 2.01. The molecule has 0 saturated carbocycles. The summed E-state index contributed by atoms with van der Waals surface area (Å²) in [5.74, 6) is 2.17. The van der Waals surface area contributed by atoms with Crippen LogP contribution in [0.2, 0.25) is 0 Å². The van der Waals surface area contributed by atoms with Crippen LogP contribution in [0.15, 0.2) is 0 Å². The Labute approximate surface area is 104 Å². The number of thioether (sulfide) groups is 1. The van der Waals surface area contributed by atoms with Gasteiger partial charge in [-0.2, -0.15) is 11.8 Å². The van der Waals surface area contributed by atoms with Gasteiger partial charge in [0.25, 0.3) is 0 Å². The molecule has 4 heteroatoms. The molecule has 0 fully saturated rings. The van der Waals surface area contributed by atoms with Crippen molar-refractivity contribution in [3.05, 3.63) is 0 Å². The van der Waals surface area contributed by atoms with Crippen LogP contribution in [0.1, 0.15) is 41.0 Å². The maximum Gasteiger partial charge on any atom is 0.237 e. The van der Waals surface area contributed by atoms with Gasteiger partial charge in [0.2, 0.25) is 5.91 Å². The molecule has 0 spiro atoms. The number of hydrogen-bond donors (Lipinski definition) is 2. The summed E-state index contributed by atoms with van der Waals surface area (Å²) in [4.78, 5) is 11.8. The van der Waals surface area contributed by atoms with Crippen molar-refractivity contribution in [2.45, 2.75) is 53.1 Å². The summed E-state index contributed by atoms with van der Waals surface area (Å²) >= 11 is 1.89. The highest BCUT2D eigenvalue weighted by Crippen LogP contribution is 2.17. The van der Waals surface area contributed by atoms with E-state index in [4.69, 9.17) is 5.73 Å². The van der Waals surface area contributed by atoms with Crippen molar-refractivity contribution in [3.8, 4) is 0 Å². The van der Waals surface area contributed by atoms with Crippen molar-refractivity contribution in [3.63, 3.8) is 0 Å². The van der Waals surface area contributed by atoms with Crippen molar-refractivity contribution in [1.29, 1.82) is 0 Å². The second kappa shape index (κ2) is 7.17. The Morgan fingerprint density at radius 1 is 1.44 bits per heavy atom. The van der Waals surface area contributed by atoms with Gasteiger partial charge in [0.05, 0.1) is 6.04 Å². The van der Waals surface area contributed by atoms with Gasteiger partial charge in [-0.25, -0.2) is 0 Å². The van der Waals surface area contributed by atoms with Crippen LogP contribution in [-0.2, 0) is 4.79 Å². The van der Waals surface area contributed by atoms with Crippen LogP contribution in [0, 0.1) is 5.41 Å². The summed E-state index contributed by atoms with van der Waals surface area (Å²) in [6, 6.07) is -0.228. The van der Waals surface area contributed by atoms with Crippen molar-refractivity contribution < 1.29 is 4.79 Å². The Balaban J connectivity index is 3.95. The third kappa shape index (κ3) is 6.38. The first-order chi connectivity index (χ1) is 7.29. The fourth-order valence-corrected chi connectivity index (χ4v) is 2.01. The molecule has 16 heavy (non-hydrogen) atoms. The first-order valence-electron chi connectivity index (χ1n) is 5.92. The maximum atomic E-state index is 11.8. The molecule has 0 saturated heterocycles. The zero-order chi connectivity index (χ0) is 12.8. The Morgan fingerprint density at radius 3 is 2.44 bits per heavy atom. The second-order valence-electron chi connectivity index (χ2n) is 5.24. The third-order valence-electron chi connectivity index (χ3n) is 2.50. The minimum Gasteiger partial charge on any atom is -0.352 e. The largest absolute Gasteiger partial charge is 0.352 e. The van der Waals surface area contributed by atoms with E-state index in [1.165, 1.54) is 0 Å². The van der Waals surface area contributed by atoms with Crippen LogP contribution in [0.25, 0.3) is 0 Å². The van der Waals surface area contributed by atoms with Gasteiger partial charge in [-0.3, -0.25) is 4.79 Å². The Hall–Kier alpha value is -0.220. The second-order valence-corrected chi connectivity index (χ2v) is 6.63. The lowest BCUT2D eigenvalue weighted by atomic mass is 9.87. The minimum absolute atomic E-state index is 0.0403. The van der Waals surface area contributed by atoms with Crippen molar-refractivity contribution in [2.24, 2.45) is 11.1 Å². The Bertz CT molecular complexity index is 214. The van der Waals surface area contributed by atoms with E-state index < -0.39 is 6.04 Å². The van der Waals surface area contributed by atoms with Crippen molar-refractivity contribution in [1.82, 2.24) is 5.32 Å². The van der Waals surface area contributed by atoms with E-state index in [0.717, 1.165) is 17.9 Å². The third-order valence-corrected chi connectivity index (χ3v) is 3.44.